The Hall–Kier alpha value is -3.54. The van der Waals surface area contributed by atoms with Crippen LogP contribution in [0.15, 0.2) is 78.0 Å². The summed E-state index contributed by atoms with van der Waals surface area (Å²) in [5.74, 6) is -0.455. The molecule has 4 N–H and O–H groups in total. The number of rotatable bonds is 11. The van der Waals surface area contributed by atoms with E-state index in [-0.39, 0.29) is 11.4 Å². The van der Waals surface area contributed by atoms with E-state index in [1.807, 2.05) is 32.9 Å². The molecule has 1 saturated heterocycles. The molecular formula is C29H38N6O4S. The molecule has 0 aliphatic carbocycles. The van der Waals surface area contributed by atoms with Gasteiger partial charge in [-0.3, -0.25) is 10.1 Å². The fourth-order valence-electron chi connectivity index (χ4n) is 4.85. The lowest BCUT2D eigenvalue weighted by Crippen LogP contribution is -2.66. The molecule has 1 unspecified atom stereocenters. The molecule has 1 aliphatic heterocycles. The van der Waals surface area contributed by atoms with Crippen LogP contribution < -0.4 is 20.3 Å². The first-order chi connectivity index (χ1) is 19.0. The van der Waals surface area contributed by atoms with Gasteiger partial charge >= 0.3 is 5.97 Å². The third-order valence-electron chi connectivity index (χ3n) is 7.35. The number of aromatic nitrogens is 2. The monoisotopic (exact) mass is 566 g/mol. The fraction of sp³-hybridized carbons (Fsp3) is 0.414. The third kappa shape index (κ3) is 7.35. The molecular weight excluding hydrogens is 528 g/mol. The van der Waals surface area contributed by atoms with Crippen molar-refractivity contribution < 1.29 is 18.3 Å². The van der Waals surface area contributed by atoms with Crippen molar-refractivity contribution in [3.05, 3.63) is 78.6 Å². The van der Waals surface area contributed by atoms with Gasteiger partial charge in [-0.2, -0.15) is 4.72 Å². The van der Waals surface area contributed by atoms with Crippen LogP contribution in [-0.4, -0.2) is 54.3 Å². The Morgan fingerprint density at radius 3 is 2.17 bits per heavy atom. The van der Waals surface area contributed by atoms with E-state index in [9.17, 15) is 18.3 Å². The quantitative estimate of drug-likeness (QED) is 0.255. The first kappa shape index (κ1) is 29.4. The SMILES string of the molecule is CC(C)(C)C(CC(=O)O)(NCc1ccc(N2CCC(Nc3ncccn3)CC2)cc1)NS(=O)(=O)c1ccccc1. The van der Waals surface area contributed by atoms with Crippen molar-refractivity contribution in [1.82, 2.24) is 20.0 Å². The van der Waals surface area contributed by atoms with E-state index in [0.717, 1.165) is 37.2 Å². The largest absolute Gasteiger partial charge is 0.481 e. The maximum Gasteiger partial charge on any atom is 0.306 e. The third-order valence-corrected chi connectivity index (χ3v) is 8.86. The Morgan fingerprint density at radius 1 is 0.975 bits per heavy atom. The smallest absolute Gasteiger partial charge is 0.306 e. The van der Waals surface area contributed by atoms with E-state index < -0.39 is 33.5 Å². The van der Waals surface area contributed by atoms with Crippen molar-refractivity contribution in [3.63, 3.8) is 0 Å². The fourth-order valence-corrected chi connectivity index (χ4v) is 6.39. The maximum atomic E-state index is 13.3. The molecule has 1 aliphatic rings. The second-order valence-electron chi connectivity index (χ2n) is 11.1. The lowest BCUT2D eigenvalue weighted by atomic mass is 9.78. The molecule has 0 spiro atoms. The summed E-state index contributed by atoms with van der Waals surface area (Å²) < 4.78 is 29.2. The Labute approximate surface area is 236 Å². The summed E-state index contributed by atoms with van der Waals surface area (Å²) in [6.45, 7) is 7.54. The number of hydrogen-bond acceptors (Lipinski definition) is 8. The van der Waals surface area contributed by atoms with Gasteiger partial charge in [0.05, 0.1) is 17.0 Å². The minimum absolute atomic E-state index is 0.0791. The molecule has 2 aromatic carbocycles. The molecule has 0 bridgehead atoms. The van der Waals surface area contributed by atoms with Gasteiger partial charge in [-0.05, 0) is 54.2 Å². The highest BCUT2D eigenvalue weighted by molar-refractivity contribution is 7.89. The first-order valence-electron chi connectivity index (χ1n) is 13.4. The number of nitrogens with one attached hydrogen (secondary N) is 3. The summed E-state index contributed by atoms with van der Waals surface area (Å²) in [5, 5.41) is 16.4. The van der Waals surface area contributed by atoms with E-state index in [0.29, 0.717) is 12.0 Å². The Balaban J connectivity index is 1.43. The van der Waals surface area contributed by atoms with Crippen LogP contribution in [0.3, 0.4) is 0 Å². The Kier molecular flexibility index (Phi) is 9.07. The highest BCUT2D eigenvalue weighted by Crippen LogP contribution is 2.33. The lowest BCUT2D eigenvalue weighted by molar-refractivity contribution is -0.140. The van der Waals surface area contributed by atoms with Crippen molar-refractivity contribution >= 4 is 27.6 Å². The summed E-state index contributed by atoms with van der Waals surface area (Å²) in [7, 11) is -3.99. The summed E-state index contributed by atoms with van der Waals surface area (Å²) in [5.41, 5.74) is -0.185. The zero-order chi connectivity index (χ0) is 28.8. The first-order valence-corrected chi connectivity index (χ1v) is 14.9. The zero-order valence-electron chi connectivity index (χ0n) is 23.2. The van der Waals surface area contributed by atoms with Crippen molar-refractivity contribution in [2.45, 2.75) is 63.2 Å². The number of carboxylic acid groups (broad SMARTS) is 1. The maximum absolute atomic E-state index is 13.3. The van der Waals surface area contributed by atoms with Crippen LogP contribution in [0, 0.1) is 5.41 Å². The van der Waals surface area contributed by atoms with E-state index in [4.69, 9.17) is 0 Å². The topological polar surface area (TPSA) is 137 Å². The van der Waals surface area contributed by atoms with E-state index >= 15 is 0 Å². The van der Waals surface area contributed by atoms with Crippen molar-refractivity contribution in [2.75, 3.05) is 23.3 Å². The van der Waals surface area contributed by atoms with Gasteiger partial charge < -0.3 is 15.3 Å². The molecule has 1 aromatic heterocycles. The summed E-state index contributed by atoms with van der Waals surface area (Å²) >= 11 is 0. The minimum atomic E-state index is -3.99. The van der Waals surface area contributed by atoms with Gasteiger partial charge in [-0.1, -0.05) is 51.1 Å². The second kappa shape index (κ2) is 12.3. The van der Waals surface area contributed by atoms with E-state index in [2.05, 4.69) is 42.4 Å². The Morgan fingerprint density at radius 2 is 1.60 bits per heavy atom. The number of nitrogens with zero attached hydrogens (tertiary/aromatic N) is 3. The van der Waals surface area contributed by atoms with Crippen molar-refractivity contribution in [2.24, 2.45) is 5.41 Å². The molecule has 1 fully saturated rings. The molecule has 1 atom stereocenters. The predicted octanol–water partition coefficient (Wildman–Crippen LogP) is 3.84. The molecule has 0 amide bonds. The number of aliphatic carboxylic acids is 1. The van der Waals surface area contributed by atoms with Crippen LogP contribution in [0.4, 0.5) is 11.6 Å². The van der Waals surface area contributed by atoms with Crippen molar-refractivity contribution in [3.8, 4) is 0 Å². The number of anilines is 2. The number of piperidine rings is 1. The number of hydrogen-bond donors (Lipinski definition) is 4. The molecule has 0 saturated carbocycles. The number of carboxylic acids is 1. The summed E-state index contributed by atoms with van der Waals surface area (Å²) in [6.07, 6.45) is 4.95. The molecule has 40 heavy (non-hydrogen) atoms. The van der Waals surface area contributed by atoms with Gasteiger partial charge in [-0.25, -0.2) is 18.4 Å². The highest BCUT2D eigenvalue weighted by Gasteiger charge is 2.46. The minimum Gasteiger partial charge on any atom is -0.481 e. The number of carbonyl (C=O) groups is 1. The molecule has 214 valence electrons. The van der Waals surface area contributed by atoms with Crippen LogP contribution in [0.2, 0.25) is 0 Å². The molecule has 11 heteroatoms. The molecule has 10 nitrogen and oxygen atoms in total. The van der Waals surface area contributed by atoms with Crippen molar-refractivity contribution in [1.29, 1.82) is 0 Å². The number of sulfonamides is 1. The average molecular weight is 567 g/mol. The van der Waals surface area contributed by atoms with Crippen LogP contribution >= 0.6 is 0 Å². The van der Waals surface area contributed by atoms with Gasteiger partial charge in [0.15, 0.2) is 0 Å². The Bertz CT molecular complexity index is 1360. The summed E-state index contributed by atoms with van der Waals surface area (Å²) in [6, 6.07) is 18.2. The normalized spacial score (nSPS) is 16.3. The molecule has 0 radical (unpaired) electrons. The van der Waals surface area contributed by atoms with Crippen LogP contribution in [0.5, 0.6) is 0 Å². The van der Waals surface area contributed by atoms with Gasteiger partial charge in [0.2, 0.25) is 16.0 Å². The zero-order valence-corrected chi connectivity index (χ0v) is 24.0. The predicted molar refractivity (Wildman–Crippen MR) is 155 cm³/mol. The lowest BCUT2D eigenvalue weighted by Gasteiger charge is -2.45. The standard InChI is InChI=1S/C29H38N6O4S/c1-28(2,3)29(20-26(36)37,34-40(38,39)25-8-5-4-6-9-25)32-21-22-10-12-24(13-11-22)35-18-14-23(15-19-35)33-27-30-16-7-17-31-27/h4-13,16-17,23,32,34H,14-15,18-21H2,1-3H3,(H,36,37)(H,30,31,33). The number of benzene rings is 2. The van der Waals surface area contributed by atoms with Crippen LogP contribution in [-0.2, 0) is 21.4 Å². The van der Waals surface area contributed by atoms with Crippen LogP contribution in [0.1, 0.15) is 45.6 Å². The molecule has 2 heterocycles. The molecule has 3 aromatic rings. The van der Waals surface area contributed by atoms with Gasteiger partial charge in [0.25, 0.3) is 0 Å². The van der Waals surface area contributed by atoms with Gasteiger partial charge in [-0.15, -0.1) is 0 Å². The van der Waals surface area contributed by atoms with E-state index in [1.165, 1.54) is 12.1 Å². The summed E-state index contributed by atoms with van der Waals surface area (Å²) in [4.78, 5) is 22.9. The average Bonchev–Trinajstić information content (AvgIpc) is 2.92. The van der Waals surface area contributed by atoms with E-state index in [1.54, 1.807) is 36.7 Å². The highest BCUT2D eigenvalue weighted by atomic mass is 32.2. The van der Waals surface area contributed by atoms with Gasteiger partial charge in [0, 0.05) is 43.8 Å². The van der Waals surface area contributed by atoms with Gasteiger partial charge in [0.1, 0.15) is 0 Å². The van der Waals surface area contributed by atoms with Crippen LogP contribution in [0.25, 0.3) is 0 Å². The molecule has 4 rings (SSSR count). The second-order valence-corrected chi connectivity index (χ2v) is 12.8.